The van der Waals surface area contributed by atoms with E-state index in [0.29, 0.717) is 0 Å². The molecule has 1 aromatic heterocycles. The van der Waals surface area contributed by atoms with Crippen LogP contribution < -0.4 is 0 Å². The molecule has 1 heterocycles. The van der Waals surface area contributed by atoms with Gasteiger partial charge >= 0.3 is 5.97 Å². The smallest absolute Gasteiger partial charge is 0.312 e. The van der Waals surface area contributed by atoms with Crippen LogP contribution in [0.1, 0.15) is 18.4 Å². The van der Waals surface area contributed by atoms with Crippen molar-refractivity contribution < 1.29 is 9.53 Å². The topological polar surface area (TPSA) is 39.2 Å². The number of carbonyl (C=O) groups excluding carboxylic acids is 1. The summed E-state index contributed by atoms with van der Waals surface area (Å²) in [6, 6.07) is 13.6. The molecule has 0 fully saturated rings. The van der Waals surface area contributed by atoms with Crippen molar-refractivity contribution in [1.29, 1.82) is 0 Å². The van der Waals surface area contributed by atoms with Crippen molar-refractivity contribution in [2.75, 3.05) is 7.11 Å². The van der Waals surface area contributed by atoms with E-state index in [1.807, 2.05) is 49.4 Å². The van der Waals surface area contributed by atoms with E-state index in [-0.39, 0.29) is 11.9 Å². The summed E-state index contributed by atoms with van der Waals surface area (Å²) in [6.45, 7) is 1.83. The van der Waals surface area contributed by atoms with E-state index in [0.717, 1.165) is 16.8 Å². The molecular formula is C15H15NO2. The predicted molar refractivity (Wildman–Crippen MR) is 70.1 cm³/mol. The molecule has 0 N–H and O–H groups in total. The Balaban J connectivity index is 2.23. The minimum Gasteiger partial charge on any atom is -0.469 e. The van der Waals surface area contributed by atoms with Gasteiger partial charge in [0.25, 0.3) is 0 Å². The number of esters is 1. The van der Waals surface area contributed by atoms with E-state index in [1.54, 1.807) is 6.20 Å². The number of ether oxygens (including phenoxy) is 1. The fraction of sp³-hybridized carbons (Fsp3) is 0.200. The molecule has 18 heavy (non-hydrogen) atoms. The quantitative estimate of drug-likeness (QED) is 0.775. The first-order valence-electron chi connectivity index (χ1n) is 5.81. The van der Waals surface area contributed by atoms with Crippen molar-refractivity contribution >= 4 is 5.97 Å². The number of hydrogen-bond donors (Lipinski definition) is 0. The molecular weight excluding hydrogens is 226 g/mol. The second-order valence-corrected chi connectivity index (χ2v) is 4.08. The summed E-state index contributed by atoms with van der Waals surface area (Å²) in [5.41, 5.74) is 2.91. The molecule has 3 nitrogen and oxygen atoms in total. The molecule has 1 unspecified atom stereocenters. The molecule has 0 aliphatic heterocycles. The molecule has 0 saturated carbocycles. The first-order valence-corrected chi connectivity index (χ1v) is 5.81. The van der Waals surface area contributed by atoms with E-state index in [4.69, 9.17) is 4.74 Å². The lowest BCUT2D eigenvalue weighted by atomic mass is 9.99. The van der Waals surface area contributed by atoms with Crippen LogP contribution in [-0.2, 0) is 9.53 Å². The normalized spacial score (nSPS) is 11.9. The largest absolute Gasteiger partial charge is 0.469 e. The maximum Gasteiger partial charge on any atom is 0.312 e. The highest BCUT2D eigenvalue weighted by molar-refractivity contribution is 5.77. The fourth-order valence-electron chi connectivity index (χ4n) is 1.79. The van der Waals surface area contributed by atoms with Crippen molar-refractivity contribution in [1.82, 2.24) is 4.98 Å². The Labute approximate surface area is 106 Å². The van der Waals surface area contributed by atoms with Gasteiger partial charge in [-0.1, -0.05) is 30.3 Å². The minimum atomic E-state index is -0.243. The van der Waals surface area contributed by atoms with Gasteiger partial charge in [-0.3, -0.25) is 9.78 Å². The third kappa shape index (κ3) is 2.56. The molecule has 0 amide bonds. The SMILES string of the molecule is COC(=O)C(C)c1ccc(-c2ccccn2)cc1. The standard InChI is InChI=1S/C15H15NO2/c1-11(15(17)18-2)12-6-8-13(9-7-12)14-5-3-4-10-16-14/h3-11H,1-2H3. The van der Waals surface area contributed by atoms with Gasteiger partial charge in [0.2, 0.25) is 0 Å². The van der Waals surface area contributed by atoms with Gasteiger partial charge in [-0.2, -0.15) is 0 Å². The van der Waals surface area contributed by atoms with Gasteiger partial charge in [-0.15, -0.1) is 0 Å². The number of hydrogen-bond acceptors (Lipinski definition) is 3. The number of methoxy groups -OCH3 is 1. The molecule has 0 aliphatic carbocycles. The van der Waals surface area contributed by atoms with Gasteiger partial charge in [0.15, 0.2) is 0 Å². The second-order valence-electron chi connectivity index (χ2n) is 4.08. The van der Waals surface area contributed by atoms with E-state index in [1.165, 1.54) is 7.11 Å². The van der Waals surface area contributed by atoms with Crippen LogP contribution >= 0.6 is 0 Å². The van der Waals surface area contributed by atoms with Crippen LogP contribution in [0, 0.1) is 0 Å². The van der Waals surface area contributed by atoms with Crippen LogP contribution in [0.25, 0.3) is 11.3 Å². The van der Waals surface area contributed by atoms with E-state index < -0.39 is 0 Å². The Bertz CT molecular complexity index is 520. The summed E-state index contributed by atoms with van der Waals surface area (Å²) in [5.74, 6) is -0.464. The monoisotopic (exact) mass is 241 g/mol. The lowest BCUT2D eigenvalue weighted by molar-refractivity contribution is -0.141. The van der Waals surface area contributed by atoms with Crippen molar-refractivity contribution in [3.05, 3.63) is 54.2 Å². The van der Waals surface area contributed by atoms with Gasteiger partial charge < -0.3 is 4.74 Å². The average molecular weight is 241 g/mol. The summed E-state index contributed by atoms with van der Waals surface area (Å²) >= 11 is 0. The highest BCUT2D eigenvalue weighted by atomic mass is 16.5. The Morgan fingerprint density at radius 2 is 1.89 bits per heavy atom. The van der Waals surface area contributed by atoms with Gasteiger partial charge in [0.05, 0.1) is 18.7 Å². The van der Waals surface area contributed by atoms with Crippen LogP contribution in [-0.4, -0.2) is 18.1 Å². The summed E-state index contributed by atoms with van der Waals surface area (Å²) in [6.07, 6.45) is 1.76. The van der Waals surface area contributed by atoms with Gasteiger partial charge in [0.1, 0.15) is 0 Å². The maximum atomic E-state index is 11.4. The van der Waals surface area contributed by atoms with Crippen molar-refractivity contribution in [2.45, 2.75) is 12.8 Å². The predicted octanol–water partition coefficient (Wildman–Crippen LogP) is 3.03. The first kappa shape index (κ1) is 12.3. The minimum absolute atomic E-state index is 0.222. The molecule has 0 radical (unpaired) electrons. The number of aromatic nitrogens is 1. The second kappa shape index (κ2) is 5.45. The Hall–Kier alpha value is -2.16. The molecule has 3 heteroatoms. The fourth-order valence-corrected chi connectivity index (χ4v) is 1.79. The zero-order chi connectivity index (χ0) is 13.0. The van der Waals surface area contributed by atoms with Gasteiger partial charge in [0, 0.05) is 11.8 Å². The third-order valence-corrected chi connectivity index (χ3v) is 2.93. The molecule has 0 aliphatic rings. The molecule has 1 aromatic carbocycles. The highest BCUT2D eigenvalue weighted by Gasteiger charge is 2.15. The van der Waals surface area contributed by atoms with Gasteiger partial charge in [-0.05, 0) is 24.6 Å². The average Bonchev–Trinajstić information content (AvgIpc) is 2.47. The lowest BCUT2D eigenvalue weighted by Crippen LogP contribution is -2.10. The molecule has 0 spiro atoms. The van der Waals surface area contributed by atoms with Crippen LogP contribution in [0.4, 0.5) is 0 Å². The first-order chi connectivity index (χ1) is 8.72. The molecule has 2 aromatic rings. The van der Waals surface area contributed by atoms with Gasteiger partial charge in [-0.25, -0.2) is 0 Å². The summed E-state index contributed by atoms with van der Waals surface area (Å²) in [5, 5.41) is 0. The summed E-state index contributed by atoms with van der Waals surface area (Å²) in [7, 11) is 1.40. The van der Waals surface area contributed by atoms with Crippen LogP contribution in [0.15, 0.2) is 48.7 Å². The zero-order valence-corrected chi connectivity index (χ0v) is 10.5. The third-order valence-electron chi connectivity index (χ3n) is 2.93. The Morgan fingerprint density at radius 3 is 2.44 bits per heavy atom. The zero-order valence-electron chi connectivity index (χ0n) is 10.5. The summed E-state index contributed by atoms with van der Waals surface area (Å²) < 4.78 is 4.73. The van der Waals surface area contributed by atoms with Crippen LogP contribution in [0.2, 0.25) is 0 Å². The highest BCUT2D eigenvalue weighted by Crippen LogP contribution is 2.21. The van der Waals surface area contributed by atoms with Crippen molar-refractivity contribution in [3.63, 3.8) is 0 Å². The molecule has 2 rings (SSSR count). The number of benzene rings is 1. The van der Waals surface area contributed by atoms with Crippen molar-refractivity contribution in [3.8, 4) is 11.3 Å². The van der Waals surface area contributed by atoms with E-state index >= 15 is 0 Å². The Kier molecular flexibility index (Phi) is 3.72. The van der Waals surface area contributed by atoms with Crippen LogP contribution in [0.5, 0.6) is 0 Å². The Morgan fingerprint density at radius 1 is 1.17 bits per heavy atom. The number of carbonyl (C=O) groups is 1. The van der Waals surface area contributed by atoms with Crippen LogP contribution in [0.3, 0.4) is 0 Å². The van der Waals surface area contributed by atoms with Crippen molar-refractivity contribution in [2.24, 2.45) is 0 Å². The number of pyridine rings is 1. The molecule has 92 valence electrons. The molecule has 0 bridgehead atoms. The molecule has 0 saturated heterocycles. The summed E-state index contributed by atoms with van der Waals surface area (Å²) in [4.78, 5) is 15.7. The number of rotatable bonds is 3. The molecule has 1 atom stereocenters. The van der Waals surface area contributed by atoms with E-state index in [2.05, 4.69) is 4.98 Å². The lowest BCUT2D eigenvalue weighted by Gasteiger charge is -2.10. The van der Waals surface area contributed by atoms with E-state index in [9.17, 15) is 4.79 Å². The number of nitrogens with zero attached hydrogens (tertiary/aromatic N) is 1. The maximum absolute atomic E-state index is 11.4.